The zero-order valence-corrected chi connectivity index (χ0v) is 10.3. The van der Waals surface area contributed by atoms with Gasteiger partial charge >= 0.3 is 18.6 Å². The first-order valence-corrected chi connectivity index (χ1v) is 5.65. The number of hydrogen-bond acceptors (Lipinski definition) is 4. The predicted octanol–water partition coefficient (Wildman–Crippen LogP) is 1.67. The third kappa shape index (κ3) is 6.47. The Morgan fingerprint density at radius 2 is 2.15 bits per heavy atom. The number of nitrogens with zero attached hydrogens (tertiary/aromatic N) is 1. The molecule has 1 aromatic heterocycles. The van der Waals surface area contributed by atoms with Crippen LogP contribution in [0, 0.1) is 0 Å². The van der Waals surface area contributed by atoms with E-state index in [1.165, 1.54) is 12.1 Å². The number of amides is 2. The third-order valence-corrected chi connectivity index (χ3v) is 2.06. The lowest BCUT2D eigenvalue weighted by Crippen LogP contribution is -2.30. The van der Waals surface area contributed by atoms with Crippen molar-refractivity contribution in [1.82, 2.24) is 10.3 Å². The van der Waals surface area contributed by atoms with Gasteiger partial charge in [-0.2, -0.15) is 8.78 Å². The fourth-order valence-corrected chi connectivity index (χ4v) is 1.23. The molecule has 9 heteroatoms. The molecular formula is C11H13F2N3O4. The number of pyridine rings is 1. The standard InChI is InChI=1S/C11H13F2N3O4/c12-10(13)20-7-3-4-8(15-6-7)16-11(19)14-5-1-2-9(17)18/h3-4,6,10H,1-2,5H2,(H,17,18)(H2,14,15,16,19). The average Bonchev–Trinajstić information content (AvgIpc) is 2.36. The average molecular weight is 289 g/mol. The Hall–Kier alpha value is -2.45. The highest BCUT2D eigenvalue weighted by Crippen LogP contribution is 2.14. The van der Waals surface area contributed by atoms with Gasteiger partial charge in [0.25, 0.3) is 0 Å². The smallest absolute Gasteiger partial charge is 0.387 e. The predicted molar refractivity (Wildman–Crippen MR) is 64.8 cm³/mol. The Morgan fingerprint density at radius 1 is 1.40 bits per heavy atom. The Morgan fingerprint density at radius 3 is 2.70 bits per heavy atom. The van der Waals surface area contributed by atoms with Crippen molar-refractivity contribution in [2.75, 3.05) is 11.9 Å². The number of urea groups is 1. The molecular weight excluding hydrogens is 276 g/mol. The number of hydrogen-bond donors (Lipinski definition) is 3. The molecule has 110 valence electrons. The molecule has 0 saturated carbocycles. The summed E-state index contributed by atoms with van der Waals surface area (Å²) in [6.45, 7) is -2.74. The van der Waals surface area contributed by atoms with Crippen LogP contribution in [0.3, 0.4) is 0 Å². The van der Waals surface area contributed by atoms with Gasteiger partial charge in [-0.1, -0.05) is 0 Å². The number of aliphatic carboxylic acids is 1. The number of aromatic nitrogens is 1. The summed E-state index contributed by atoms with van der Waals surface area (Å²) in [5.41, 5.74) is 0. The van der Waals surface area contributed by atoms with E-state index in [0.29, 0.717) is 6.42 Å². The van der Waals surface area contributed by atoms with Gasteiger partial charge in [-0.05, 0) is 18.6 Å². The highest BCUT2D eigenvalue weighted by Gasteiger charge is 2.06. The number of carboxylic acids is 1. The van der Waals surface area contributed by atoms with E-state index in [-0.39, 0.29) is 24.5 Å². The lowest BCUT2D eigenvalue weighted by atomic mass is 10.3. The molecule has 0 aliphatic rings. The second kappa shape index (κ2) is 7.87. The molecule has 0 radical (unpaired) electrons. The van der Waals surface area contributed by atoms with Crippen LogP contribution >= 0.6 is 0 Å². The van der Waals surface area contributed by atoms with Crippen LogP contribution in [0.2, 0.25) is 0 Å². The van der Waals surface area contributed by atoms with Crippen molar-refractivity contribution in [1.29, 1.82) is 0 Å². The molecule has 0 atom stereocenters. The lowest BCUT2D eigenvalue weighted by Gasteiger charge is -2.07. The van der Waals surface area contributed by atoms with Gasteiger partial charge < -0.3 is 15.2 Å². The Labute approximate surface area is 113 Å². The summed E-state index contributed by atoms with van der Waals surface area (Å²) in [5, 5.41) is 13.2. The fourth-order valence-electron chi connectivity index (χ4n) is 1.23. The summed E-state index contributed by atoms with van der Waals surface area (Å²) in [4.78, 5) is 25.3. The molecule has 0 aromatic carbocycles. The zero-order valence-electron chi connectivity index (χ0n) is 10.3. The summed E-state index contributed by atoms with van der Waals surface area (Å²) in [6, 6.07) is 1.97. The minimum Gasteiger partial charge on any atom is -0.481 e. The van der Waals surface area contributed by atoms with Crippen LogP contribution in [0.4, 0.5) is 19.4 Å². The fraction of sp³-hybridized carbons (Fsp3) is 0.364. The molecule has 3 N–H and O–H groups in total. The summed E-state index contributed by atoms with van der Waals surface area (Å²) in [5.74, 6) is -0.904. The number of nitrogens with one attached hydrogen (secondary N) is 2. The highest BCUT2D eigenvalue weighted by atomic mass is 19.3. The maximum atomic E-state index is 11.9. The van der Waals surface area contributed by atoms with Crippen LogP contribution in [0.5, 0.6) is 5.75 Å². The van der Waals surface area contributed by atoms with Gasteiger partial charge in [0.15, 0.2) is 0 Å². The van der Waals surface area contributed by atoms with Crippen LogP contribution < -0.4 is 15.4 Å². The number of alkyl halides is 2. The van der Waals surface area contributed by atoms with Crippen LogP contribution in [0.1, 0.15) is 12.8 Å². The topological polar surface area (TPSA) is 101 Å². The first kappa shape index (κ1) is 15.6. The zero-order chi connectivity index (χ0) is 15.0. The Kier molecular flexibility index (Phi) is 6.14. The lowest BCUT2D eigenvalue weighted by molar-refractivity contribution is -0.137. The second-order valence-corrected chi connectivity index (χ2v) is 3.64. The van der Waals surface area contributed by atoms with Gasteiger partial charge in [0.1, 0.15) is 11.6 Å². The van der Waals surface area contributed by atoms with Crippen LogP contribution in [0.15, 0.2) is 18.3 Å². The number of carbonyl (C=O) groups is 2. The van der Waals surface area contributed by atoms with E-state index in [2.05, 4.69) is 20.4 Å². The summed E-state index contributed by atoms with van der Waals surface area (Å²) in [7, 11) is 0. The normalized spacial score (nSPS) is 10.2. The number of ether oxygens (including phenoxy) is 1. The van der Waals surface area contributed by atoms with E-state index in [9.17, 15) is 18.4 Å². The SMILES string of the molecule is O=C(O)CCCNC(=O)Nc1ccc(OC(F)F)cn1. The largest absolute Gasteiger partial charge is 0.481 e. The third-order valence-electron chi connectivity index (χ3n) is 2.06. The minimum absolute atomic E-state index is 0.0435. The van der Waals surface area contributed by atoms with Crippen molar-refractivity contribution in [3.05, 3.63) is 18.3 Å². The van der Waals surface area contributed by atoms with Crippen molar-refractivity contribution < 1.29 is 28.2 Å². The first-order chi connectivity index (χ1) is 9.47. The second-order valence-electron chi connectivity index (χ2n) is 3.64. The molecule has 2 amide bonds. The number of carboxylic acid groups (broad SMARTS) is 1. The molecule has 7 nitrogen and oxygen atoms in total. The van der Waals surface area contributed by atoms with Gasteiger partial charge in [-0.3, -0.25) is 10.1 Å². The molecule has 0 bridgehead atoms. The number of halogens is 2. The first-order valence-electron chi connectivity index (χ1n) is 5.65. The van der Waals surface area contributed by atoms with Crippen LogP contribution in [0.25, 0.3) is 0 Å². The van der Waals surface area contributed by atoms with Gasteiger partial charge in [-0.15, -0.1) is 0 Å². The van der Waals surface area contributed by atoms with E-state index in [1.807, 2.05) is 0 Å². The molecule has 0 spiro atoms. The Balaban J connectivity index is 2.32. The van der Waals surface area contributed by atoms with E-state index in [0.717, 1.165) is 6.20 Å². The number of rotatable bonds is 7. The van der Waals surface area contributed by atoms with Crippen LogP contribution in [-0.2, 0) is 4.79 Å². The molecule has 1 aromatic rings. The van der Waals surface area contributed by atoms with Crippen molar-refractivity contribution >= 4 is 17.8 Å². The van der Waals surface area contributed by atoms with Crippen LogP contribution in [-0.4, -0.2) is 35.2 Å². The number of anilines is 1. The maximum absolute atomic E-state index is 11.9. The molecule has 1 heterocycles. The maximum Gasteiger partial charge on any atom is 0.387 e. The van der Waals surface area contributed by atoms with E-state index < -0.39 is 18.6 Å². The minimum atomic E-state index is -2.94. The molecule has 0 aliphatic heterocycles. The van der Waals surface area contributed by atoms with Crippen molar-refractivity contribution in [3.63, 3.8) is 0 Å². The quantitative estimate of drug-likeness (QED) is 0.663. The van der Waals surface area contributed by atoms with Gasteiger partial charge in [0, 0.05) is 13.0 Å². The monoisotopic (exact) mass is 289 g/mol. The molecule has 1 rings (SSSR count). The van der Waals surface area contributed by atoms with Crippen molar-refractivity contribution in [2.24, 2.45) is 0 Å². The van der Waals surface area contributed by atoms with E-state index >= 15 is 0 Å². The molecule has 0 aliphatic carbocycles. The Bertz CT molecular complexity index is 453. The summed E-state index contributed by atoms with van der Waals surface area (Å²) < 4.78 is 27.9. The van der Waals surface area contributed by atoms with Gasteiger partial charge in [-0.25, -0.2) is 9.78 Å². The van der Waals surface area contributed by atoms with Gasteiger partial charge in [0.05, 0.1) is 6.20 Å². The molecule has 0 saturated heterocycles. The summed E-state index contributed by atoms with van der Waals surface area (Å²) in [6.07, 6.45) is 1.31. The van der Waals surface area contributed by atoms with Crippen molar-refractivity contribution in [2.45, 2.75) is 19.5 Å². The molecule has 0 unspecified atom stereocenters. The van der Waals surface area contributed by atoms with E-state index in [1.54, 1.807) is 0 Å². The van der Waals surface area contributed by atoms with E-state index in [4.69, 9.17) is 5.11 Å². The molecule has 20 heavy (non-hydrogen) atoms. The number of carbonyl (C=O) groups excluding carboxylic acids is 1. The highest BCUT2D eigenvalue weighted by molar-refractivity contribution is 5.88. The van der Waals surface area contributed by atoms with Gasteiger partial charge in [0.2, 0.25) is 0 Å². The van der Waals surface area contributed by atoms with Crippen molar-refractivity contribution in [3.8, 4) is 5.75 Å². The summed E-state index contributed by atoms with van der Waals surface area (Å²) >= 11 is 0. The molecule has 0 fully saturated rings.